The number of aromatic nitrogens is 1. The van der Waals surface area contributed by atoms with Crippen molar-refractivity contribution in [1.29, 1.82) is 0 Å². The second-order valence-electron chi connectivity index (χ2n) is 4.41. The summed E-state index contributed by atoms with van der Waals surface area (Å²) in [6.07, 6.45) is 0.927. The predicted molar refractivity (Wildman–Crippen MR) is 72.8 cm³/mol. The molecule has 20 heavy (non-hydrogen) atoms. The number of nitro benzene ring substituents is 1. The van der Waals surface area contributed by atoms with Gasteiger partial charge in [0.15, 0.2) is 0 Å². The number of hydrogen-bond donors (Lipinski definition) is 1. The van der Waals surface area contributed by atoms with Crippen molar-refractivity contribution in [1.82, 2.24) is 4.98 Å². The lowest BCUT2D eigenvalue weighted by molar-refractivity contribution is -0.384. The molecule has 1 atom stereocenters. The van der Waals surface area contributed by atoms with E-state index in [0.717, 1.165) is 0 Å². The fourth-order valence-electron chi connectivity index (χ4n) is 1.71. The van der Waals surface area contributed by atoms with Gasteiger partial charge in [-0.05, 0) is 37.1 Å². The molecule has 0 radical (unpaired) electrons. The summed E-state index contributed by atoms with van der Waals surface area (Å²) in [4.78, 5) is 14.3. The molecule has 0 saturated heterocycles. The van der Waals surface area contributed by atoms with E-state index in [1.165, 1.54) is 24.4 Å². The van der Waals surface area contributed by atoms with Crippen molar-refractivity contribution in [3.05, 3.63) is 57.8 Å². The molecule has 0 bridgehead atoms. The van der Waals surface area contributed by atoms with E-state index in [1.807, 2.05) is 0 Å². The summed E-state index contributed by atoms with van der Waals surface area (Å²) in [6, 6.07) is 7.67. The van der Waals surface area contributed by atoms with E-state index in [-0.39, 0.29) is 5.69 Å². The quantitative estimate of drug-likeness (QED) is 0.683. The van der Waals surface area contributed by atoms with E-state index in [4.69, 9.17) is 4.74 Å². The lowest BCUT2D eigenvalue weighted by Crippen LogP contribution is -1.96. The molecule has 1 heterocycles. The summed E-state index contributed by atoms with van der Waals surface area (Å²) >= 11 is 0. The number of ether oxygens (including phenoxy) is 1. The second-order valence-corrected chi connectivity index (χ2v) is 4.41. The van der Waals surface area contributed by atoms with Crippen molar-refractivity contribution < 1.29 is 14.8 Å². The highest BCUT2D eigenvalue weighted by Crippen LogP contribution is 2.28. The lowest BCUT2D eigenvalue weighted by Gasteiger charge is -2.09. The molecule has 6 nitrogen and oxygen atoms in total. The van der Waals surface area contributed by atoms with Gasteiger partial charge in [-0.2, -0.15) is 0 Å². The minimum absolute atomic E-state index is 0.0144. The molecule has 0 aliphatic rings. The van der Waals surface area contributed by atoms with Crippen molar-refractivity contribution in [2.45, 2.75) is 20.0 Å². The Morgan fingerprint density at radius 2 is 2.10 bits per heavy atom. The highest BCUT2D eigenvalue weighted by atomic mass is 16.6. The average molecular weight is 274 g/mol. The van der Waals surface area contributed by atoms with Crippen LogP contribution < -0.4 is 4.74 Å². The van der Waals surface area contributed by atoms with Crippen LogP contribution in [0.1, 0.15) is 24.2 Å². The Labute approximate surface area is 115 Å². The smallest absolute Gasteiger partial charge is 0.269 e. The van der Waals surface area contributed by atoms with E-state index in [1.54, 1.807) is 26.0 Å². The van der Waals surface area contributed by atoms with Gasteiger partial charge in [0.2, 0.25) is 5.88 Å². The van der Waals surface area contributed by atoms with Gasteiger partial charge < -0.3 is 9.84 Å². The normalized spacial score (nSPS) is 11.9. The van der Waals surface area contributed by atoms with Crippen molar-refractivity contribution in [2.75, 3.05) is 0 Å². The third kappa shape index (κ3) is 3.10. The number of rotatable bonds is 4. The van der Waals surface area contributed by atoms with Gasteiger partial charge in [-0.15, -0.1) is 0 Å². The summed E-state index contributed by atoms with van der Waals surface area (Å²) in [5.41, 5.74) is 1.35. The minimum Gasteiger partial charge on any atom is -0.439 e. The van der Waals surface area contributed by atoms with Gasteiger partial charge in [0.25, 0.3) is 5.69 Å². The largest absolute Gasteiger partial charge is 0.439 e. The maximum absolute atomic E-state index is 10.7. The number of hydrogen-bond acceptors (Lipinski definition) is 5. The Kier molecular flexibility index (Phi) is 3.95. The van der Waals surface area contributed by atoms with Crippen LogP contribution in [0.5, 0.6) is 11.6 Å². The lowest BCUT2D eigenvalue weighted by atomic mass is 10.2. The molecule has 0 aliphatic carbocycles. The summed E-state index contributed by atoms with van der Waals surface area (Å²) < 4.78 is 5.59. The van der Waals surface area contributed by atoms with Crippen LogP contribution in [0.3, 0.4) is 0 Å². The number of nitro groups is 1. The molecule has 0 saturated carbocycles. The Bertz CT molecular complexity index is 641. The molecule has 0 aliphatic heterocycles. The van der Waals surface area contributed by atoms with Crippen molar-refractivity contribution in [3.8, 4) is 11.6 Å². The monoisotopic (exact) mass is 274 g/mol. The Morgan fingerprint density at radius 3 is 2.70 bits per heavy atom. The van der Waals surface area contributed by atoms with Crippen LogP contribution in [-0.2, 0) is 0 Å². The number of pyridine rings is 1. The zero-order chi connectivity index (χ0) is 14.7. The fourth-order valence-corrected chi connectivity index (χ4v) is 1.71. The minimum atomic E-state index is -0.613. The average Bonchev–Trinajstić information content (AvgIpc) is 2.41. The predicted octanol–water partition coefficient (Wildman–Crippen LogP) is 3.14. The van der Waals surface area contributed by atoms with Crippen LogP contribution in [-0.4, -0.2) is 15.0 Å². The highest BCUT2D eigenvalue weighted by molar-refractivity contribution is 5.44. The number of nitrogens with zero attached hydrogens (tertiary/aromatic N) is 2. The zero-order valence-electron chi connectivity index (χ0n) is 11.1. The molecule has 1 aromatic heterocycles. The molecule has 1 N–H and O–H groups in total. The molecule has 0 unspecified atom stereocenters. The van der Waals surface area contributed by atoms with Crippen LogP contribution in [0, 0.1) is 17.0 Å². The first kappa shape index (κ1) is 14.0. The van der Waals surface area contributed by atoms with Gasteiger partial charge in [0, 0.05) is 24.4 Å². The topological polar surface area (TPSA) is 85.5 Å². The number of non-ortho nitro benzene ring substituents is 1. The summed E-state index contributed by atoms with van der Waals surface area (Å²) in [5, 5.41) is 20.2. The van der Waals surface area contributed by atoms with Crippen molar-refractivity contribution in [3.63, 3.8) is 0 Å². The van der Waals surface area contributed by atoms with Gasteiger partial charge in [0.05, 0.1) is 11.0 Å². The third-order valence-electron chi connectivity index (χ3n) is 2.83. The van der Waals surface area contributed by atoms with E-state index in [9.17, 15) is 15.2 Å². The van der Waals surface area contributed by atoms with Gasteiger partial charge in [0.1, 0.15) is 5.75 Å². The Hall–Kier alpha value is -2.47. The molecule has 2 rings (SSSR count). The van der Waals surface area contributed by atoms with E-state index in [0.29, 0.717) is 22.8 Å². The number of benzene rings is 1. The van der Waals surface area contributed by atoms with Gasteiger partial charge >= 0.3 is 0 Å². The van der Waals surface area contributed by atoms with Crippen LogP contribution in [0.4, 0.5) is 5.69 Å². The van der Waals surface area contributed by atoms with Crippen molar-refractivity contribution >= 4 is 5.69 Å². The van der Waals surface area contributed by atoms with Gasteiger partial charge in [-0.3, -0.25) is 10.1 Å². The number of aliphatic hydroxyl groups is 1. The Balaban J connectivity index is 2.26. The fraction of sp³-hybridized carbons (Fsp3) is 0.214. The van der Waals surface area contributed by atoms with Crippen LogP contribution >= 0.6 is 0 Å². The highest BCUT2D eigenvalue weighted by Gasteiger charge is 2.10. The summed E-state index contributed by atoms with van der Waals surface area (Å²) in [6.45, 7) is 3.37. The number of aliphatic hydroxyl groups excluding tert-OH is 1. The van der Waals surface area contributed by atoms with E-state index in [2.05, 4.69) is 4.98 Å². The van der Waals surface area contributed by atoms with Crippen LogP contribution in [0.2, 0.25) is 0 Å². The van der Waals surface area contributed by atoms with Gasteiger partial charge in [-0.25, -0.2) is 4.98 Å². The molecule has 2 aromatic rings. The molecule has 104 valence electrons. The van der Waals surface area contributed by atoms with Crippen LogP contribution in [0.15, 0.2) is 36.5 Å². The summed E-state index contributed by atoms with van der Waals surface area (Å²) in [7, 11) is 0. The summed E-state index contributed by atoms with van der Waals surface area (Å²) in [5.74, 6) is 0.825. The molecule has 6 heteroatoms. The second kappa shape index (κ2) is 5.66. The molecular formula is C14H14N2O4. The molecule has 1 aromatic carbocycles. The molecule has 0 amide bonds. The first-order valence-corrected chi connectivity index (χ1v) is 6.04. The Morgan fingerprint density at radius 1 is 1.35 bits per heavy atom. The molecule has 0 spiro atoms. The SMILES string of the molecule is Cc1cc([N+](=O)[O-])ccc1Oc1cc([C@H](C)O)ccn1. The first-order chi connectivity index (χ1) is 9.47. The first-order valence-electron chi connectivity index (χ1n) is 6.04. The zero-order valence-corrected chi connectivity index (χ0v) is 11.1. The standard InChI is InChI=1S/C14H14N2O4/c1-9-7-12(16(18)19)3-4-13(9)20-14-8-11(10(2)17)5-6-15-14/h3-8,10,17H,1-2H3/t10-/m0/s1. The van der Waals surface area contributed by atoms with E-state index >= 15 is 0 Å². The number of aryl methyl sites for hydroxylation is 1. The van der Waals surface area contributed by atoms with E-state index < -0.39 is 11.0 Å². The maximum atomic E-state index is 10.7. The van der Waals surface area contributed by atoms with Crippen LogP contribution in [0.25, 0.3) is 0 Å². The van der Waals surface area contributed by atoms with Gasteiger partial charge in [-0.1, -0.05) is 0 Å². The third-order valence-corrected chi connectivity index (χ3v) is 2.83. The van der Waals surface area contributed by atoms with Crippen molar-refractivity contribution in [2.24, 2.45) is 0 Å². The molecule has 0 fully saturated rings. The maximum Gasteiger partial charge on any atom is 0.269 e. The molecular weight excluding hydrogens is 260 g/mol.